The zero-order valence-corrected chi connectivity index (χ0v) is 13.3. The summed E-state index contributed by atoms with van der Waals surface area (Å²) >= 11 is 0. The summed E-state index contributed by atoms with van der Waals surface area (Å²) in [5, 5.41) is 15.9. The molecule has 24 heavy (non-hydrogen) atoms. The quantitative estimate of drug-likeness (QED) is 0.919. The van der Waals surface area contributed by atoms with Crippen LogP contribution in [0, 0.1) is 24.1 Å². The van der Waals surface area contributed by atoms with Gasteiger partial charge >= 0.3 is 0 Å². The molecule has 1 fully saturated rings. The highest BCUT2D eigenvalue weighted by atomic mass is 19.1. The number of carbonyl (C=O) groups excluding carboxylic acids is 1. The fourth-order valence-corrected chi connectivity index (χ4v) is 3.05. The number of nitrogens with zero attached hydrogens (tertiary/aromatic N) is 4. The first-order chi connectivity index (χ1) is 11.4. The van der Waals surface area contributed by atoms with Gasteiger partial charge in [0.25, 0.3) is 5.89 Å². The molecule has 0 spiro atoms. The van der Waals surface area contributed by atoms with E-state index in [1.165, 1.54) is 19.1 Å². The molecule has 2 heterocycles. The zero-order valence-electron chi connectivity index (χ0n) is 13.3. The van der Waals surface area contributed by atoms with Gasteiger partial charge in [0.2, 0.25) is 5.91 Å². The van der Waals surface area contributed by atoms with E-state index in [-0.39, 0.29) is 11.5 Å². The van der Waals surface area contributed by atoms with E-state index < -0.39 is 11.4 Å². The van der Waals surface area contributed by atoms with Gasteiger partial charge in [0.15, 0.2) is 5.82 Å². The molecular weight excluding hydrogens is 313 g/mol. The molecular formula is C16H16FN5O2. The van der Waals surface area contributed by atoms with Crippen LogP contribution in [0.3, 0.4) is 0 Å². The van der Waals surface area contributed by atoms with Crippen LogP contribution in [0.2, 0.25) is 0 Å². The Kier molecular flexibility index (Phi) is 3.93. The Morgan fingerprint density at radius 1 is 1.54 bits per heavy atom. The van der Waals surface area contributed by atoms with Gasteiger partial charge in [-0.1, -0.05) is 5.16 Å². The standard InChI is InChI=1S/C16H16FN5O2/c1-10-19-15(24-21-10)16(20-11(2)23)5-6-22(9-16)14-4-3-13(17)7-12(14)8-18/h3-4,7H,5-6,9H2,1-2H3,(H,20,23). The molecule has 1 aromatic carbocycles. The largest absolute Gasteiger partial charge is 0.367 e. The second-order valence-electron chi connectivity index (χ2n) is 5.85. The maximum absolute atomic E-state index is 13.4. The van der Waals surface area contributed by atoms with Gasteiger partial charge in [0, 0.05) is 13.5 Å². The number of anilines is 1. The van der Waals surface area contributed by atoms with Crippen LogP contribution in [0.1, 0.15) is 30.6 Å². The van der Waals surface area contributed by atoms with Crippen molar-refractivity contribution in [2.24, 2.45) is 0 Å². The molecule has 1 aliphatic rings. The van der Waals surface area contributed by atoms with Crippen molar-refractivity contribution in [1.82, 2.24) is 15.5 Å². The van der Waals surface area contributed by atoms with Crippen LogP contribution < -0.4 is 10.2 Å². The number of rotatable bonds is 3. The molecule has 8 heteroatoms. The average molecular weight is 329 g/mol. The highest BCUT2D eigenvalue weighted by Gasteiger charge is 2.45. The zero-order chi connectivity index (χ0) is 17.3. The molecule has 0 aliphatic carbocycles. The van der Waals surface area contributed by atoms with Crippen molar-refractivity contribution in [2.45, 2.75) is 25.8 Å². The van der Waals surface area contributed by atoms with Crippen molar-refractivity contribution in [3.8, 4) is 6.07 Å². The Hall–Kier alpha value is -2.95. The summed E-state index contributed by atoms with van der Waals surface area (Å²) in [6.07, 6.45) is 0.538. The van der Waals surface area contributed by atoms with E-state index in [1.807, 2.05) is 11.0 Å². The lowest BCUT2D eigenvalue weighted by Gasteiger charge is -2.27. The molecule has 0 saturated carbocycles. The first kappa shape index (κ1) is 15.9. The third kappa shape index (κ3) is 2.80. The molecule has 1 aliphatic heterocycles. The van der Waals surface area contributed by atoms with Crippen molar-refractivity contribution < 1.29 is 13.7 Å². The van der Waals surface area contributed by atoms with Crippen LogP contribution in [-0.2, 0) is 10.3 Å². The average Bonchev–Trinajstić information content (AvgIpc) is 3.14. The van der Waals surface area contributed by atoms with Gasteiger partial charge < -0.3 is 14.7 Å². The SMILES string of the molecule is CC(=O)NC1(c2nc(C)no2)CCN(c2ccc(F)cc2C#N)C1. The van der Waals surface area contributed by atoms with Gasteiger partial charge in [-0.05, 0) is 31.5 Å². The second-order valence-corrected chi connectivity index (χ2v) is 5.85. The van der Waals surface area contributed by atoms with Crippen molar-refractivity contribution >= 4 is 11.6 Å². The Balaban J connectivity index is 1.96. The minimum Gasteiger partial charge on any atom is -0.367 e. The van der Waals surface area contributed by atoms with Crippen LogP contribution in [-0.4, -0.2) is 29.1 Å². The monoisotopic (exact) mass is 329 g/mol. The number of aryl methyl sites for hydroxylation is 1. The molecule has 0 radical (unpaired) electrons. The number of hydrogen-bond acceptors (Lipinski definition) is 6. The molecule has 2 aromatic rings. The van der Waals surface area contributed by atoms with Crippen LogP contribution in [0.5, 0.6) is 0 Å². The fourth-order valence-electron chi connectivity index (χ4n) is 3.05. The molecule has 1 aromatic heterocycles. The molecule has 1 saturated heterocycles. The topological polar surface area (TPSA) is 95.1 Å². The number of nitriles is 1. The van der Waals surface area contributed by atoms with E-state index in [2.05, 4.69) is 15.5 Å². The Bertz CT molecular complexity index is 828. The number of amides is 1. The highest BCUT2D eigenvalue weighted by Crippen LogP contribution is 2.35. The number of nitrogens with one attached hydrogen (secondary N) is 1. The Labute approximate surface area is 138 Å². The van der Waals surface area contributed by atoms with E-state index in [0.29, 0.717) is 36.9 Å². The first-order valence-corrected chi connectivity index (χ1v) is 7.48. The molecule has 1 unspecified atom stereocenters. The number of aromatic nitrogens is 2. The predicted molar refractivity (Wildman–Crippen MR) is 82.5 cm³/mol. The molecule has 0 bridgehead atoms. The molecule has 3 rings (SSSR count). The van der Waals surface area contributed by atoms with Crippen LogP contribution in [0.25, 0.3) is 0 Å². The lowest BCUT2D eigenvalue weighted by Crippen LogP contribution is -2.47. The fraction of sp³-hybridized carbons (Fsp3) is 0.375. The van der Waals surface area contributed by atoms with Gasteiger partial charge in [-0.2, -0.15) is 10.2 Å². The second kappa shape index (κ2) is 5.92. The third-order valence-corrected chi connectivity index (χ3v) is 4.04. The summed E-state index contributed by atoms with van der Waals surface area (Å²) in [6.45, 7) is 4.04. The normalized spacial score (nSPS) is 20.0. The van der Waals surface area contributed by atoms with Gasteiger partial charge in [0.1, 0.15) is 17.4 Å². The molecule has 1 N–H and O–H groups in total. The van der Waals surface area contributed by atoms with E-state index in [4.69, 9.17) is 4.52 Å². The molecule has 1 atom stereocenters. The van der Waals surface area contributed by atoms with E-state index in [1.54, 1.807) is 13.0 Å². The summed E-state index contributed by atoms with van der Waals surface area (Å²) in [7, 11) is 0. The number of carbonyl (C=O) groups is 1. The van der Waals surface area contributed by atoms with Crippen molar-refractivity contribution in [3.63, 3.8) is 0 Å². The minimum atomic E-state index is -0.825. The summed E-state index contributed by atoms with van der Waals surface area (Å²) < 4.78 is 18.6. The van der Waals surface area contributed by atoms with Gasteiger partial charge in [-0.25, -0.2) is 4.39 Å². The Morgan fingerprint density at radius 3 is 2.96 bits per heavy atom. The van der Waals surface area contributed by atoms with Gasteiger partial charge in [-0.15, -0.1) is 0 Å². The van der Waals surface area contributed by atoms with Crippen molar-refractivity contribution in [3.05, 3.63) is 41.3 Å². The molecule has 1 amide bonds. The van der Waals surface area contributed by atoms with E-state index in [0.717, 1.165) is 0 Å². The maximum Gasteiger partial charge on any atom is 0.254 e. The third-order valence-electron chi connectivity index (χ3n) is 4.04. The summed E-state index contributed by atoms with van der Waals surface area (Å²) in [6, 6.07) is 6.08. The Morgan fingerprint density at radius 2 is 2.33 bits per heavy atom. The lowest BCUT2D eigenvalue weighted by atomic mass is 9.98. The van der Waals surface area contributed by atoms with Crippen LogP contribution in [0.15, 0.2) is 22.7 Å². The van der Waals surface area contributed by atoms with Crippen molar-refractivity contribution in [2.75, 3.05) is 18.0 Å². The van der Waals surface area contributed by atoms with Gasteiger partial charge in [0.05, 0.1) is 17.8 Å². The smallest absolute Gasteiger partial charge is 0.254 e. The predicted octanol–water partition coefficient (Wildman–Crippen LogP) is 1.63. The van der Waals surface area contributed by atoms with Crippen molar-refractivity contribution in [1.29, 1.82) is 5.26 Å². The minimum absolute atomic E-state index is 0.215. The van der Waals surface area contributed by atoms with Gasteiger partial charge in [-0.3, -0.25) is 4.79 Å². The molecule has 124 valence electrons. The molecule has 7 nitrogen and oxygen atoms in total. The van der Waals surface area contributed by atoms with E-state index in [9.17, 15) is 14.4 Å². The maximum atomic E-state index is 13.4. The number of halogens is 1. The van der Waals surface area contributed by atoms with Crippen LogP contribution >= 0.6 is 0 Å². The lowest BCUT2D eigenvalue weighted by molar-refractivity contribution is -0.121. The number of benzene rings is 1. The first-order valence-electron chi connectivity index (χ1n) is 7.48. The summed E-state index contributed by atoms with van der Waals surface area (Å²) in [5.74, 6) is 0.133. The van der Waals surface area contributed by atoms with Crippen LogP contribution in [0.4, 0.5) is 10.1 Å². The van der Waals surface area contributed by atoms with E-state index >= 15 is 0 Å². The summed E-state index contributed by atoms with van der Waals surface area (Å²) in [4.78, 5) is 17.8. The highest BCUT2D eigenvalue weighted by molar-refractivity contribution is 5.74. The number of hydrogen-bond donors (Lipinski definition) is 1. The summed E-state index contributed by atoms with van der Waals surface area (Å²) in [5.41, 5.74) is 0.0338.